The monoisotopic (exact) mass is 325 g/mol. The number of imide groups is 1. The van der Waals surface area contributed by atoms with Crippen molar-refractivity contribution in [1.82, 2.24) is 0 Å². The van der Waals surface area contributed by atoms with E-state index in [4.69, 9.17) is 0 Å². The summed E-state index contributed by atoms with van der Waals surface area (Å²) >= 11 is 0.878. The zero-order valence-corrected chi connectivity index (χ0v) is 13.3. The first-order chi connectivity index (χ1) is 11.1. The Morgan fingerprint density at radius 2 is 1.78 bits per heavy atom. The van der Waals surface area contributed by atoms with Crippen molar-refractivity contribution in [2.45, 2.75) is 13.3 Å². The maximum absolute atomic E-state index is 12.5. The molecule has 0 aliphatic carbocycles. The van der Waals surface area contributed by atoms with Gasteiger partial charge in [-0.2, -0.15) is 0 Å². The van der Waals surface area contributed by atoms with E-state index in [0.29, 0.717) is 16.2 Å². The van der Waals surface area contributed by atoms with Gasteiger partial charge < -0.3 is 5.11 Å². The molecule has 2 aromatic rings. The lowest BCUT2D eigenvalue weighted by Crippen LogP contribution is -2.27. The van der Waals surface area contributed by atoms with E-state index in [-0.39, 0.29) is 16.9 Å². The minimum atomic E-state index is -0.368. The van der Waals surface area contributed by atoms with E-state index in [1.54, 1.807) is 42.5 Å². The number of para-hydroxylation sites is 1. The van der Waals surface area contributed by atoms with Crippen molar-refractivity contribution in [3.63, 3.8) is 0 Å². The molecule has 1 aliphatic rings. The van der Waals surface area contributed by atoms with Crippen LogP contribution in [0.2, 0.25) is 0 Å². The third-order valence-corrected chi connectivity index (χ3v) is 4.49. The molecule has 2 amide bonds. The first-order valence-electron chi connectivity index (χ1n) is 7.25. The van der Waals surface area contributed by atoms with Gasteiger partial charge in [0.05, 0.1) is 10.6 Å². The summed E-state index contributed by atoms with van der Waals surface area (Å²) in [6.07, 6.45) is 2.44. The summed E-state index contributed by atoms with van der Waals surface area (Å²) in [6.45, 7) is 2.05. The lowest BCUT2D eigenvalue weighted by molar-refractivity contribution is -0.113. The second-order valence-corrected chi connectivity index (χ2v) is 6.09. The summed E-state index contributed by atoms with van der Waals surface area (Å²) in [4.78, 5) is 26.2. The summed E-state index contributed by atoms with van der Waals surface area (Å²) in [5.41, 5.74) is 2.22. The zero-order chi connectivity index (χ0) is 16.4. The summed E-state index contributed by atoms with van der Waals surface area (Å²) in [6, 6.07) is 14.1. The quantitative estimate of drug-likeness (QED) is 0.860. The number of nitrogens with zero attached hydrogens (tertiary/aromatic N) is 1. The maximum atomic E-state index is 12.5. The van der Waals surface area contributed by atoms with Crippen LogP contribution in [0, 0.1) is 0 Å². The highest BCUT2D eigenvalue weighted by molar-refractivity contribution is 8.19. The molecule has 23 heavy (non-hydrogen) atoms. The SMILES string of the molecule is CCc1ccc(N2C(=O)S/C(=C\c3ccccc3O)C2=O)cc1. The molecule has 2 aromatic carbocycles. The molecule has 0 radical (unpaired) electrons. The molecule has 0 unspecified atom stereocenters. The van der Waals surface area contributed by atoms with Gasteiger partial charge in [0.25, 0.3) is 11.1 Å². The number of carbonyl (C=O) groups excluding carboxylic acids is 2. The Morgan fingerprint density at radius 1 is 1.09 bits per heavy atom. The fourth-order valence-corrected chi connectivity index (χ4v) is 3.15. The number of phenolic OH excluding ortho intramolecular Hbond substituents is 1. The summed E-state index contributed by atoms with van der Waals surface area (Å²) in [5, 5.41) is 9.47. The van der Waals surface area contributed by atoms with Crippen molar-refractivity contribution in [2.75, 3.05) is 4.90 Å². The third kappa shape index (κ3) is 3.00. The van der Waals surface area contributed by atoms with Gasteiger partial charge in [-0.25, -0.2) is 4.90 Å². The van der Waals surface area contributed by atoms with Crippen molar-refractivity contribution in [2.24, 2.45) is 0 Å². The van der Waals surface area contributed by atoms with Crippen LogP contribution in [0.1, 0.15) is 18.1 Å². The van der Waals surface area contributed by atoms with E-state index in [1.165, 1.54) is 0 Å². The minimum Gasteiger partial charge on any atom is -0.507 e. The molecule has 0 aromatic heterocycles. The third-order valence-electron chi connectivity index (χ3n) is 3.62. The van der Waals surface area contributed by atoms with Crippen LogP contribution in [0.15, 0.2) is 53.4 Å². The molecule has 0 atom stereocenters. The Bertz CT molecular complexity index is 796. The van der Waals surface area contributed by atoms with Gasteiger partial charge in [-0.15, -0.1) is 0 Å². The van der Waals surface area contributed by atoms with Gasteiger partial charge in [0.1, 0.15) is 5.75 Å². The van der Waals surface area contributed by atoms with E-state index in [0.717, 1.165) is 28.6 Å². The molecule has 1 N–H and O–H groups in total. The Labute approximate surface area is 138 Å². The molecule has 0 saturated carbocycles. The molecule has 3 rings (SSSR count). The van der Waals surface area contributed by atoms with Crippen LogP contribution in [-0.4, -0.2) is 16.3 Å². The van der Waals surface area contributed by atoms with Gasteiger partial charge in [-0.1, -0.05) is 37.3 Å². The number of rotatable bonds is 3. The molecule has 1 fully saturated rings. The Morgan fingerprint density at radius 3 is 2.43 bits per heavy atom. The number of amides is 2. The molecule has 0 spiro atoms. The zero-order valence-electron chi connectivity index (χ0n) is 12.5. The molecule has 5 heteroatoms. The van der Waals surface area contributed by atoms with Crippen molar-refractivity contribution < 1.29 is 14.7 Å². The van der Waals surface area contributed by atoms with Crippen LogP contribution in [-0.2, 0) is 11.2 Å². The lowest BCUT2D eigenvalue weighted by atomic mass is 10.1. The van der Waals surface area contributed by atoms with Crippen molar-refractivity contribution in [3.8, 4) is 5.75 Å². The van der Waals surface area contributed by atoms with Crippen molar-refractivity contribution >= 4 is 34.7 Å². The summed E-state index contributed by atoms with van der Waals surface area (Å²) < 4.78 is 0. The van der Waals surface area contributed by atoms with Crippen molar-refractivity contribution in [1.29, 1.82) is 0 Å². The number of anilines is 1. The number of aromatic hydroxyl groups is 1. The van der Waals surface area contributed by atoms with Crippen LogP contribution < -0.4 is 4.90 Å². The van der Waals surface area contributed by atoms with Crippen LogP contribution in [0.3, 0.4) is 0 Å². The number of hydrogen-bond donors (Lipinski definition) is 1. The Hall–Kier alpha value is -2.53. The molecule has 4 nitrogen and oxygen atoms in total. The molecule has 1 aliphatic heterocycles. The van der Waals surface area contributed by atoms with Gasteiger partial charge in [-0.05, 0) is 48.0 Å². The molecular weight excluding hydrogens is 310 g/mol. The number of hydrogen-bond acceptors (Lipinski definition) is 4. The number of aryl methyl sites for hydroxylation is 1. The maximum Gasteiger partial charge on any atom is 0.298 e. The van der Waals surface area contributed by atoms with E-state index in [2.05, 4.69) is 0 Å². The van der Waals surface area contributed by atoms with Gasteiger partial charge in [0, 0.05) is 5.56 Å². The normalized spacial score (nSPS) is 16.4. The fourth-order valence-electron chi connectivity index (χ4n) is 2.32. The number of thioether (sulfide) groups is 1. The molecular formula is C18H15NO3S. The second-order valence-electron chi connectivity index (χ2n) is 5.10. The standard InChI is InChI=1S/C18H15NO3S/c1-2-12-7-9-14(10-8-12)19-17(21)16(23-18(19)22)11-13-5-3-4-6-15(13)20/h3-11,20H,2H2,1H3/b16-11-. The highest BCUT2D eigenvalue weighted by Gasteiger charge is 2.36. The Kier molecular flexibility index (Phi) is 4.21. The highest BCUT2D eigenvalue weighted by atomic mass is 32.2. The second kappa shape index (κ2) is 6.30. The van der Waals surface area contributed by atoms with Crippen molar-refractivity contribution in [3.05, 3.63) is 64.6 Å². The van der Waals surface area contributed by atoms with E-state index >= 15 is 0 Å². The molecule has 0 bridgehead atoms. The van der Waals surface area contributed by atoms with Crippen LogP contribution in [0.25, 0.3) is 6.08 Å². The van der Waals surface area contributed by atoms with E-state index in [9.17, 15) is 14.7 Å². The molecule has 1 heterocycles. The Balaban J connectivity index is 1.92. The van der Waals surface area contributed by atoms with Gasteiger partial charge in [0.15, 0.2) is 0 Å². The average molecular weight is 325 g/mol. The lowest BCUT2D eigenvalue weighted by Gasteiger charge is -2.12. The topological polar surface area (TPSA) is 57.6 Å². The predicted octanol–water partition coefficient (Wildman–Crippen LogP) is 4.20. The number of carbonyl (C=O) groups is 2. The summed E-state index contributed by atoms with van der Waals surface area (Å²) in [5.74, 6) is -0.293. The fraction of sp³-hybridized carbons (Fsp3) is 0.111. The summed E-state index contributed by atoms with van der Waals surface area (Å²) in [7, 11) is 0. The highest BCUT2D eigenvalue weighted by Crippen LogP contribution is 2.36. The van der Waals surface area contributed by atoms with E-state index in [1.807, 2.05) is 19.1 Å². The van der Waals surface area contributed by atoms with Crippen LogP contribution in [0.4, 0.5) is 10.5 Å². The van der Waals surface area contributed by atoms with Crippen LogP contribution in [0.5, 0.6) is 5.75 Å². The predicted molar refractivity (Wildman–Crippen MR) is 92.4 cm³/mol. The molecule has 1 saturated heterocycles. The van der Waals surface area contributed by atoms with E-state index < -0.39 is 0 Å². The number of benzene rings is 2. The first-order valence-corrected chi connectivity index (χ1v) is 8.06. The molecule has 116 valence electrons. The van der Waals surface area contributed by atoms with Gasteiger partial charge >= 0.3 is 0 Å². The van der Waals surface area contributed by atoms with Gasteiger partial charge in [-0.3, -0.25) is 9.59 Å². The van der Waals surface area contributed by atoms with Crippen LogP contribution >= 0.6 is 11.8 Å². The largest absolute Gasteiger partial charge is 0.507 e. The van der Waals surface area contributed by atoms with Gasteiger partial charge in [0.2, 0.25) is 0 Å². The smallest absolute Gasteiger partial charge is 0.298 e. The number of phenols is 1. The average Bonchev–Trinajstić information content (AvgIpc) is 2.84. The first kappa shape index (κ1) is 15.4. The minimum absolute atomic E-state index is 0.0756.